The monoisotopic (exact) mass is 263 g/mol. The third kappa shape index (κ3) is 3.11. The molecule has 0 aliphatic carbocycles. The summed E-state index contributed by atoms with van der Waals surface area (Å²) in [5, 5.41) is 3.97. The SMILES string of the molecule is CSCC[C@@H](N)c1nc(-c2ccc(C)cc2)no1. The molecule has 18 heavy (non-hydrogen) atoms. The first-order valence-corrected chi connectivity index (χ1v) is 7.25. The molecule has 0 fully saturated rings. The van der Waals surface area contributed by atoms with Crippen molar-refractivity contribution in [2.75, 3.05) is 12.0 Å². The van der Waals surface area contributed by atoms with Crippen LogP contribution in [0, 0.1) is 6.92 Å². The number of hydrogen-bond acceptors (Lipinski definition) is 5. The van der Waals surface area contributed by atoms with E-state index in [1.54, 1.807) is 11.8 Å². The van der Waals surface area contributed by atoms with Crippen molar-refractivity contribution in [2.45, 2.75) is 19.4 Å². The van der Waals surface area contributed by atoms with E-state index in [0.29, 0.717) is 11.7 Å². The minimum Gasteiger partial charge on any atom is -0.337 e. The third-order valence-corrected chi connectivity index (χ3v) is 3.35. The highest BCUT2D eigenvalue weighted by Gasteiger charge is 2.15. The Morgan fingerprint density at radius 2 is 2.06 bits per heavy atom. The third-order valence-electron chi connectivity index (χ3n) is 2.70. The Morgan fingerprint density at radius 3 is 2.72 bits per heavy atom. The minimum atomic E-state index is -0.177. The number of thioether (sulfide) groups is 1. The lowest BCUT2D eigenvalue weighted by Gasteiger charge is -2.03. The van der Waals surface area contributed by atoms with Gasteiger partial charge in [-0.25, -0.2) is 0 Å². The van der Waals surface area contributed by atoms with Crippen LogP contribution in [0.15, 0.2) is 28.8 Å². The molecule has 2 rings (SSSR count). The molecule has 0 amide bonds. The summed E-state index contributed by atoms with van der Waals surface area (Å²) in [6.07, 6.45) is 2.90. The molecule has 0 spiro atoms. The molecule has 1 aromatic heterocycles. The lowest BCUT2D eigenvalue weighted by molar-refractivity contribution is 0.353. The molecule has 0 bridgehead atoms. The van der Waals surface area contributed by atoms with E-state index in [-0.39, 0.29) is 6.04 Å². The van der Waals surface area contributed by atoms with Gasteiger partial charge in [-0.15, -0.1) is 0 Å². The van der Waals surface area contributed by atoms with E-state index in [0.717, 1.165) is 17.7 Å². The molecular weight excluding hydrogens is 246 g/mol. The molecule has 1 aromatic carbocycles. The highest BCUT2D eigenvalue weighted by molar-refractivity contribution is 7.98. The molecule has 0 saturated heterocycles. The van der Waals surface area contributed by atoms with Gasteiger partial charge in [-0.05, 0) is 25.4 Å². The second-order valence-corrected chi connectivity index (χ2v) is 5.20. The van der Waals surface area contributed by atoms with Crippen molar-refractivity contribution < 1.29 is 4.52 Å². The van der Waals surface area contributed by atoms with Crippen molar-refractivity contribution in [3.8, 4) is 11.4 Å². The maximum Gasteiger partial charge on any atom is 0.243 e. The molecule has 0 unspecified atom stereocenters. The molecule has 1 atom stereocenters. The number of aryl methyl sites for hydroxylation is 1. The first kappa shape index (κ1) is 13.1. The summed E-state index contributed by atoms with van der Waals surface area (Å²) in [6, 6.07) is 7.84. The zero-order valence-corrected chi connectivity index (χ0v) is 11.4. The van der Waals surface area contributed by atoms with Gasteiger partial charge in [0.1, 0.15) is 0 Å². The number of rotatable bonds is 5. The summed E-state index contributed by atoms with van der Waals surface area (Å²) in [4.78, 5) is 4.35. The van der Waals surface area contributed by atoms with Gasteiger partial charge in [-0.1, -0.05) is 35.0 Å². The first-order chi connectivity index (χ1) is 8.70. The molecule has 0 radical (unpaired) electrons. The molecule has 2 aromatic rings. The number of hydrogen-bond donors (Lipinski definition) is 1. The summed E-state index contributed by atoms with van der Waals surface area (Å²) in [5.74, 6) is 2.10. The van der Waals surface area contributed by atoms with E-state index in [1.165, 1.54) is 5.56 Å². The van der Waals surface area contributed by atoms with Gasteiger partial charge in [-0.3, -0.25) is 0 Å². The van der Waals surface area contributed by atoms with Crippen LogP contribution in [-0.4, -0.2) is 22.1 Å². The van der Waals surface area contributed by atoms with E-state index in [1.807, 2.05) is 31.2 Å². The molecule has 0 aliphatic rings. The van der Waals surface area contributed by atoms with E-state index < -0.39 is 0 Å². The van der Waals surface area contributed by atoms with Gasteiger partial charge in [0.05, 0.1) is 6.04 Å². The van der Waals surface area contributed by atoms with Crippen LogP contribution in [0.4, 0.5) is 0 Å². The molecule has 1 heterocycles. The summed E-state index contributed by atoms with van der Waals surface area (Å²) in [7, 11) is 0. The Balaban J connectivity index is 2.12. The maximum atomic E-state index is 5.99. The van der Waals surface area contributed by atoms with Crippen LogP contribution >= 0.6 is 11.8 Å². The van der Waals surface area contributed by atoms with Crippen molar-refractivity contribution in [1.82, 2.24) is 10.1 Å². The van der Waals surface area contributed by atoms with Gasteiger partial charge >= 0.3 is 0 Å². The molecule has 96 valence electrons. The Hall–Kier alpha value is -1.33. The second kappa shape index (κ2) is 6.02. The van der Waals surface area contributed by atoms with Gasteiger partial charge in [0.25, 0.3) is 0 Å². The van der Waals surface area contributed by atoms with Crippen molar-refractivity contribution >= 4 is 11.8 Å². The number of nitrogens with zero attached hydrogens (tertiary/aromatic N) is 2. The van der Waals surface area contributed by atoms with E-state index >= 15 is 0 Å². The summed E-state index contributed by atoms with van der Waals surface area (Å²) < 4.78 is 5.21. The van der Waals surface area contributed by atoms with Crippen molar-refractivity contribution in [1.29, 1.82) is 0 Å². The lowest BCUT2D eigenvalue weighted by Crippen LogP contribution is -2.11. The Morgan fingerprint density at radius 1 is 1.33 bits per heavy atom. The van der Waals surface area contributed by atoms with Gasteiger partial charge in [0, 0.05) is 5.56 Å². The fraction of sp³-hybridized carbons (Fsp3) is 0.385. The van der Waals surface area contributed by atoms with Gasteiger partial charge in [0.15, 0.2) is 0 Å². The van der Waals surface area contributed by atoms with Crippen LogP contribution in [0.1, 0.15) is 23.9 Å². The number of nitrogens with two attached hydrogens (primary N) is 1. The van der Waals surface area contributed by atoms with E-state index in [2.05, 4.69) is 16.4 Å². The van der Waals surface area contributed by atoms with Gasteiger partial charge in [-0.2, -0.15) is 16.7 Å². The second-order valence-electron chi connectivity index (χ2n) is 4.21. The van der Waals surface area contributed by atoms with Crippen LogP contribution in [0.25, 0.3) is 11.4 Å². The van der Waals surface area contributed by atoms with Gasteiger partial charge in [0.2, 0.25) is 11.7 Å². The Labute approximate surface area is 111 Å². The molecule has 0 aliphatic heterocycles. The minimum absolute atomic E-state index is 0.177. The maximum absolute atomic E-state index is 5.99. The first-order valence-electron chi connectivity index (χ1n) is 5.86. The fourth-order valence-corrected chi connectivity index (χ4v) is 2.06. The summed E-state index contributed by atoms with van der Waals surface area (Å²) in [5.41, 5.74) is 8.15. The molecular formula is C13H17N3OS. The van der Waals surface area contributed by atoms with Crippen molar-refractivity contribution in [3.63, 3.8) is 0 Å². The lowest BCUT2D eigenvalue weighted by atomic mass is 10.1. The zero-order chi connectivity index (χ0) is 13.0. The molecule has 4 nitrogen and oxygen atoms in total. The largest absolute Gasteiger partial charge is 0.337 e. The average Bonchev–Trinajstić information content (AvgIpc) is 2.86. The molecule has 0 saturated carbocycles. The van der Waals surface area contributed by atoms with E-state index in [9.17, 15) is 0 Å². The van der Waals surface area contributed by atoms with Crippen LogP contribution < -0.4 is 5.73 Å². The fourth-order valence-electron chi connectivity index (χ4n) is 1.57. The standard InChI is InChI=1S/C13H17N3OS/c1-9-3-5-10(6-4-9)12-15-13(17-16-12)11(14)7-8-18-2/h3-6,11H,7-8,14H2,1-2H3/t11-/m1/s1. The molecule has 2 N–H and O–H groups in total. The highest BCUT2D eigenvalue weighted by atomic mass is 32.2. The topological polar surface area (TPSA) is 64.9 Å². The predicted octanol–water partition coefficient (Wildman–Crippen LogP) is 2.80. The van der Waals surface area contributed by atoms with Gasteiger partial charge < -0.3 is 10.3 Å². The highest BCUT2D eigenvalue weighted by Crippen LogP contribution is 2.20. The van der Waals surface area contributed by atoms with E-state index in [4.69, 9.17) is 10.3 Å². The van der Waals surface area contributed by atoms with Crippen molar-refractivity contribution in [2.24, 2.45) is 5.73 Å². The smallest absolute Gasteiger partial charge is 0.243 e. The Kier molecular flexibility index (Phi) is 4.38. The van der Waals surface area contributed by atoms with Crippen molar-refractivity contribution in [3.05, 3.63) is 35.7 Å². The average molecular weight is 263 g/mol. The van der Waals surface area contributed by atoms with Crippen LogP contribution in [0.2, 0.25) is 0 Å². The quantitative estimate of drug-likeness (QED) is 0.898. The van der Waals surface area contributed by atoms with Crippen LogP contribution in [-0.2, 0) is 0 Å². The summed E-state index contributed by atoms with van der Waals surface area (Å²) in [6.45, 7) is 2.05. The van der Waals surface area contributed by atoms with Crippen LogP contribution in [0.5, 0.6) is 0 Å². The molecule has 5 heteroatoms. The number of aromatic nitrogens is 2. The normalized spacial score (nSPS) is 12.6. The Bertz CT molecular complexity index is 495. The summed E-state index contributed by atoms with van der Waals surface area (Å²) >= 11 is 1.76. The number of benzene rings is 1. The van der Waals surface area contributed by atoms with Crippen LogP contribution in [0.3, 0.4) is 0 Å². The zero-order valence-electron chi connectivity index (χ0n) is 10.6. The predicted molar refractivity (Wildman–Crippen MR) is 74.4 cm³/mol.